The van der Waals surface area contributed by atoms with Gasteiger partial charge in [-0.15, -0.1) is 0 Å². The van der Waals surface area contributed by atoms with Crippen molar-refractivity contribution in [2.45, 2.75) is 41.0 Å². The van der Waals surface area contributed by atoms with Gasteiger partial charge in [-0.25, -0.2) is 0 Å². The molecule has 0 unspecified atom stereocenters. The minimum Gasteiger partial charge on any atom is -0.497 e. The fraction of sp³-hybridized carbons (Fsp3) is 0.212. The standard InChI is InChI=1S/C14H12N2O.C9H10O2.C8H10O.C2H6/c1-11-2-6-13(7-3-11)15-16-14-8-4-12(10-17)5-9-14;1-8-3-2-4-9(6-5-8)11-7-10;1-7-3-5-8(9-2)6-4-7;1-2/h2-10H,1H3;2-3,5-7H,4H2,1H3;3-6H,1-2H3;1-2H3. The van der Waals surface area contributed by atoms with Gasteiger partial charge in [-0.2, -0.15) is 10.2 Å². The van der Waals surface area contributed by atoms with Crippen molar-refractivity contribution in [3.8, 4) is 5.75 Å². The molecule has 6 nitrogen and oxygen atoms in total. The molecular formula is C33H38N2O4. The number of benzene rings is 3. The van der Waals surface area contributed by atoms with Crippen molar-refractivity contribution in [3.05, 3.63) is 125 Å². The van der Waals surface area contributed by atoms with Crippen LogP contribution in [0.15, 0.2) is 119 Å². The second-order valence-corrected chi connectivity index (χ2v) is 8.13. The molecule has 0 saturated heterocycles. The average molecular weight is 527 g/mol. The zero-order valence-corrected chi connectivity index (χ0v) is 23.6. The lowest BCUT2D eigenvalue weighted by Gasteiger charge is -1.97. The fourth-order valence-electron chi connectivity index (χ4n) is 2.88. The number of carbonyl (C=O) groups is 2. The summed E-state index contributed by atoms with van der Waals surface area (Å²) in [6.45, 7) is 10.5. The molecular weight excluding hydrogens is 488 g/mol. The topological polar surface area (TPSA) is 77.3 Å². The van der Waals surface area contributed by atoms with Crippen LogP contribution < -0.4 is 4.74 Å². The molecule has 4 rings (SSSR count). The second kappa shape index (κ2) is 19.5. The minimum absolute atomic E-state index is 0.453. The smallest absolute Gasteiger partial charge is 0.298 e. The maximum atomic E-state index is 10.5. The van der Waals surface area contributed by atoms with Gasteiger partial charge in [0.2, 0.25) is 0 Å². The number of methoxy groups -OCH3 is 1. The first-order chi connectivity index (χ1) is 18.9. The van der Waals surface area contributed by atoms with Crippen LogP contribution in [0.2, 0.25) is 0 Å². The summed E-state index contributed by atoms with van der Waals surface area (Å²) in [5.41, 5.74) is 5.80. The molecule has 1 aliphatic rings. The molecule has 0 fully saturated rings. The van der Waals surface area contributed by atoms with E-state index in [2.05, 4.69) is 17.2 Å². The lowest BCUT2D eigenvalue weighted by Crippen LogP contribution is -1.86. The summed E-state index contributed by atoms with van der Waals surface area (Å²) < 4.78 is 9.66. The highest BCUT2D eigenvalue weighted by molar-refractivity contribution is 5.75. The third-order valence-electron chi connectivity index (χ3n) is 5.03. The largest absolute Gasteiger partial charge is 0.497 e. The highest BCUT2D eigenvalue weighted by atomic mass is 16.5. The third-order valence-corrected chi connectivity index (χ3v) is 5.03. The van der Waals surface area contributed by atoms with E-state index in [1.807, 2.05) is 101 Å². The van der Waals surface area contributed by atoms with Crippen LogP contribution in [0.3, 0.4) is 0 Å². The molecule has 204 valence electrons. The van der Waals surface area contributed by atoms with Gasteiger partial charge < -0.3 is 9.47 Å². The van der Waals surface area contributed by atoms with Crippen LogP contribution in [0.4, 0.5) is 11.4 Å². The zero-order chi connectivity index (χ0) is 28.9. The molecule has 0 spiro atoms. The number of carbonyl (C=O) groups excluding carboxylic acids is 2. The molecule has 0 N–H and O–H groups in total. The van der Waals surface area contributed by atoms with Crippen molar-refractivity contribution < 1.29 is 19.1 Å². The van der Waals surface area contributed by atoms with Crippen molar-refractivity contribution in [2.24, 2.45) is 10.2 Å². The molecule has 0 saturated carbocycles. The maximum absolute atomic E-state index is 10.5. The molecule has 6 heteroatoms. The van der Waals surface area contributed by atoms with E-state index in [1.165, 1.54) is 11.1 Å². The molecule has 3 aromatic carbocycles. The molecule has 39 heavy (non-hydrogen) atoms. The number of rotatable bonds is 6. The first-order valence-corrected chi connectivity index (χ1v) is 12.7. The van der Waals surface area contributed by atoms with Gasteiger partial charge in [0.25, 0.3) is 6.47 Å². The minimum atomic E-state index is 0.453. The van der Waals surface area contributed by atoms with Gasteiger partial charge in [0.05, 0.1) is 18.5 Å². The molecule has 0 atom stereocenters. The van der Waals surface area contributed by atoms with Gasteiger partial charge >= 0.3 is 0 Å². The number of aryl methyl sites for hydroxylation is 2. The number of nitrogens with zero attached hydrogens (tertiary/aromatic N) is 2. The van der Waals surface area contributed by atoms with Crippen molar-refractivity contribution >= 4 is 24.1 Å². The molecule has 0 heterocycles. The summed E-state index contributed by atoms with van der Waals surface area (Å²) in [7, 11) is 1.67. The van der Waals surface area contributed by atoms with E-state index < -0.39 is 0 Å². The van der Waals surface area contributed by atoms with Gasteiger partial charge in [-0.05, 0) is 75.4 Å². The van der Waals surface area contributed by atoms with Crippen LogP contribution in [0.1, 0.15) is 48.7 Å². The third kappa shape index (κ3) is 14.1. The number of hydrogen-bond acceptors (Lipinski definition) is 6. The molecule has 0 bridgehead atoms. The Morgan fingerprint density at radius 2 is 1.23 bits per heavy atom. The lowest BCUT2D eigenvalue weighted by atomic mass is 10.2. The summed E-state index contributed by atoms with van der Waals surface area (Å²) in [6.07, 6.45) is 9.19. The zero-order valence-electron chi connectivity index (χ0n) is 23.6. The van der Waals surface area contributed by atoms with E-state index in [1.54, 1.807) is 31.4 Å². The van der Waals surface area contributed by atoms with Crippen molar-refractivity contribution in [2.75, 3.05) is 7.11 Å². The van der Waals surface area contributed by atoms with Gasteiger partial charge in [0.15, 0.2) is 0 Å². The summed E-state index contributed by atoms with van der Waals surface area (Å²) in [5, 5.41) is 8.20. The SMILES string of the molecule is CC.CC1=CC=C(OC=O)CC=C1.COc1ccc(C)cc1.Cc1ccc(N=Nc2ccc(C=O)cc2)cc1. The molecule has 3 aromatic rings. The van der Waals surface area contributed by atoms with Crippen LogP contribution in [0.5, 0.6) is 5.75 Å². The molecule has 1 aliphatic carbocycles. The second-order valence-electron chi connectivity index (χ2n) is 8.13. The van der Waals surface area contributed by atoms with Gasteiger partial charge in [-0.1, -0.05) is 73.0 Å². The Morgan fingerprint density at radius 3 is 1.72 bits per heavy atom. The average Bonchev–Trinajstić information content (AvgIpc) is 3.19. The lowest BCUT2D eigenvalue weighted by molar-refractivity contribution is -0.125. The summed E-state index contributed by atoms with van der Waals surface area (Å²) >= 11 is 0. The van der Waals surface area contributed by atoms with Gasteiger partial charge in [-0.3, -0.25) is 9.59 Å². The Labute approximate surface area is 232 Å². The number of hydrogen-bond donors (Lipinski definition) is 0. The normalized spacial score (nSPS) is 11.5. The highest BCUT2D eigenvalue weighted by Gasteiger charge is 1.96. The molecule has 0 aliphatic heterocycles. The Morgan fingerprint density at radius 1 is 0.718 bits per heavy atom. The number of azo groups is 1. The van der Waals surface area contributed by atoms with Crippen molar-refractivity contribution in [1.29, 1.82) is 0 Å². The fourth-order valence-corrected chi connectivity index (χ4v) is 2.88. The van der Waals surface area contributed by atoms with E-state index in [9.17, 15) is 9.59 Å². The van der Waals surface area contributed by atoms with Crippen LogP contribution in [-0.4, -0.2) is 19.9 Å². The molecule has 0 radical (unpaired) electrons. The van der Waals surface area contributed by atoms with Crippen LogP contribution in [0.25, 0.3) is 0 Å². The summed E-state index contributed by atoms with van der Waals surface area (Å²) in [6, 6.07) is 22.7. The number of aldehydes is 1. The first kappa shape index (κ1) is 32.4. The predicted molar refractivity (Wildman–Crippen MR) is 159 cm³/mol. The first-order valence-electron chi connectivity index (χ1n) is 12.7. The van der Waals surface area contributed by atoms with Gasteiger partial charge in [0.1, 0.15) is 17.8 Å². The quantitative estimate of drug-likeness (QED) is 0.237. The van der Waals surface area contributed by atoms with E-state index in [0.29, 0.717) is 24.2 Å². The van der Waals surface area contributed by atoms with E-state index in [0.717, 1.165) is 29.0 Å². The summed E-state index contributed by atoms with van der Waals surface area (Å²) in [5.74, 6) is 1.61. The Kier molecular flexibility index (Phi) is 16.2. The van der Waals surface area contributed by atoms with E-state index in [-0.39, 0.29) is 0 Å². The molecule has 0 amide bonds. The molecule has 0 aromatic heterocycles. The van der Waals surface area contributed by atoms with E-state index >= 15 is 0 Å². The monoisotopic (exact) mass is 526 g/mol. The Hall–Kier alpha value is -4.58. The van der Waals surface area contributed by atoms with Crippen LogP contribution in [-0.2, 0) is 9.53 Å². The van der Waals surface area contributed by atoms with Crippen molar-refractivity contribution in [3.63, 3.8) is 0 Å². The Balaban J connectivity index is 0.000000300. The number of ether oxygens (including phenoxy) is 2. The number of allylic oxidation sites excluding steroid dienone is 5. The summed E-state index contributed by atoms with van der Waals surface area (Å²) in [4.78, 5) is 20.4. The predicted octanol–water partition coefficient (Wildman–Crippen LogP) is 9.20. The van der Waals surface area contributed by atoms with Crippen LogP contribution in [0, 0.1) is 13.8 Å². The highest BCUT2D eigenvalue weighted by Crippen LogP contribution is 2.18. The van der Waals surface area contributed by atoms with Crippen molar-refractivity contribution in [1.82, 2.24) is 0 Å². The van der Waals surface area contributed by atoms with Crippen LogP contribution >= 0.6 is 0 Å². The Bertz CT molecular complexity index is 1240. The maximum Gasteiger partial charge on any atom is 0.298 e. The van der Waals surface area contributed by atoms with E-state index in [4.69, 9.17) is 9.47 Å². The van der Waals surface area contributed by atoms with Gasteiger partial charge in [0, 0.05) is 12.0 Å².